The van der Waals surface area contributed by atoms with Crippen molar-refractivity contribution in [2.45, 2.75) is 45.1 Å². The second-order valence-electron chi connectivity index (χ2n) is 6.91. The number of likely N-dealkylation sites (tertiary alicyclic amines) is 1. The van der Waals surface area contributed by atoms with Crippen LogP contribution in [0.2, 0.25) is 0 Å². The number of rotatable bonds is 5. The summed E-state index contributed by atoms with van der Waals surface area (Å²) in [5.74, 6) is 2.70. The summed E-state index contributed by atoms with van der Waals surface area (Å²) in [7, 11) is 3.90. The van der Waals surface area contributed by atoms with Gasteiger partial charge in [-0.2, -0.15) is 5.10 Å². The molecule has 3 unspecified atom stereocenters. The first-order valence-corrected chi connectivity index (χ1v) is 8.65. The van der Waals surface area contributed by atoms with E-state index >= 15 is 0 Å². The predicted octanol–water partition coefficient (Wildman–Crippen LogP) is 2.67. The Balaban J connectivity index is 0.00000192. The second kappa shape index (κ2) is 8.35. The van der Waals surface area contributed by atoms with Gasteiger partial charge in [-0.15, -0.1) is 24.0 Å². The number of hydrogen-bond donors (Lipinski definition) is 1. The van der Waals surface area contributed by atoms with Crippen LogP contribution in [0.5, 0.6) is 0 Å². The highest BCUT2D eigenvalue weighted by molar-refractivity contribution is 14.0. The van der Waals surface area contributed by atoms with Crippen molar-refractivity contribution in [1.82, 2.24) is 20.0 Å². The van der Waals surface area contributed by atoms with E-state index in [4.69, 9.17) is 0 Å². The highest BCUT2D eigenvalue weighted by Crippen LogP contribution is 2.34. The topological polar surface area (TPSA) is 45.5 Å². The molecular formula is C17H30IN5. The van der Waals surface area contributed by atoms with E-state index in [1.54, 1.807) is 0 Å². The first kappa shape index (κ1) is 18.5. The molecule has 1 aromatic heterocycles. The van der Waals surface area contributed by atoms with Gasteiger partial charge in [0.2, 0.25) is 0 Å². The number of nitrogens with one attached hydrogen (secondary N) is 1. The van der Waals surface area contributed by atoms with Gasteiger partial charge in [0.25, 0.3) is 0 Å². The van der Waals surface area contributed by atoms with Crippen LogP contribution in [-0.4, -0.2) is 46.8 Å². The molecule has 0 amide bonds. The molecule has 3 atom stereocenters. The van der Waals surface area contributed by atoms with Gasteiger partial charge in [0.1, 0.15) is 0 Å². The fraction of sp³-hybridized carbons (Fsp3) is 0.765. The third-order valence-corrected chi connectivity index (χ3v) is 4.98. The number of aromatic nitrogens is 2. The fourth-order valence-corrected chi connectivity index (χ4v) is 3.68. The van der Waals surface area contributed by atoms with Crippen LogP contribution >= 0.6 is 24.0 Å². The molecule has 6 heteroatoms. The van der Waals surface area contributed by atoms with Crippen LogP contribution in [0.4, 0.5) is 0 Å². The summed E-state index contributed by atoms with van der Waals surface area (Å²) < 4.78 is 1.89. The molecule has 130 valence electrons. The van der Waals surface area contributed by atoms with Crippen molar-refractivity contribution in [3.05, 3.63) is 18.0 Å². The lowest BCUT2D eigenvalue weighted by Crippen LogP contribution is -2.41. The minimum absolute atomic E-state index is 0. The minimum atomic E-state index is 0. The Bertz CT molecular complexity index is 527. The van der Waals surface area contributed by atoms with Crippen molar-refractivity contribution in [2.24, 2.45) is 23.9 Å². The van der Waals surface area contributed by atoms with E-state index in [2.05, 4.69) is 33.4 Å². The van der Waals surface area contributed by atoms with E-state index in [1.807, 2.05) is 25.0 Å². The molecule has 1 aliphatic carbocycles. The molecule has 0 spiro atoms. The lowest BCUT2D eigenvalue weighted by atomic mass is 10.0. The predicted molar refractivity (Wildman–Crippen MR) is 105 cm³/mol. The van der Waals surface area contributed by atoms with Gasteiger partial charge < -0.3 is 10.2 Å². The van der Waals surface area contributed by atoms with E-state index in [-0.39, 0.29) is 24.0 Å². The van der Waals surface area contributed by atoms with Crippen molar-refractivity contribution in [1.29, 1.82) is 0 Å². The Hall–Kier alpha value is -0.790. The third kappa shape index (κ3) is 4.84. The molecule has 2 heterocycles. The third-order valence-electron chi connectivity index (χ3n) is 4.98. The standard InChI is InChI=1S/C17H29N5.HI/c1-4-5-15-9-16(15)20-17(18-2)22-7-6-13(12-22)8-14-10-19-21(3)11-14;/h10-11,13,15-16H,4-9,12H2,1-3H3,(H,18,20);1H. The van der Waals surface area contributed by atoms with Crippen LogP contribution in [0.15, 0.2) is 17.4 Å². The molecule has 0 bridgehead atoms. The van der Waals surface area contributed by atoms with E-state index in [0.717, 1.165) is 31.4 Å². The zero-order valence-corrected chi connectivity index (χ0v) is 16.9. The molecule has 0 radical (unpaired) electrons. The number of aliphatic imine (C=N–C) groups is 1. The lowest BCUT2D eigenvalue weighted by Gasteiger charge is -2.22. The maximum Gasteiger partial charge on any atom is 0.193 e. The number of aryl methyl sites for hydroxylation is 1. The Morgan fingerprint density at radius 2 is 2.30 bits per heavy atom. The summed E-state index contributed by atoms with van der Waals surface area (Å²) in [6.45, 7) is 4.50. The highest BCUT2D eigenvalue weighted by atomic mass is 127. The molecule has 1 aromatic rings. The van der Waals surface area contributed by atoms with Gasteiger partial charge in [-0.1, -0.05) is 13.3 Å². The molecule has 5 nitrogen and oxygen atoms in total. The summed E-state index contributed by atoms with van der Waals surface area (Å²) in [6.07, 6.45) is 10.5. The smallest absolute Gasteiger partial charge is 0.193 e. The lowest BCUT2D eigenvalue weighted by molar-refractivity contribution is 0.457. The highest BCUT2D eigenvalue weighted by Gasteiger charge is 2.38. The SMILES string of the molecule is CCCC1CC1NC(=NC)N1CCC(Cc2cnn(C)c2)C1.I. The Labute approximate surface area is 156 Å². The molecule has 1 aliphatic heterocycles. The maximum atomic E-state index is 4.51. The number of hydrogen-bond acceptors (Lipinski definition) is 2. The van der Waals surface area contributed by atoms with Gasteiger partial charge in [0.05, 0.1) is 6.20 Å². The number of guanidine groups is 1. The van der Waals surface area contributed by atoms with Crippen LogP contribution in [0.3, 0.4) is 0 Å². The molecule has 0 aromatic carbocycles. The van der Waals surface area contributed by atoms with E-state index < -0.39 is 0 Å². The van der Waals surface area contributed by atoms with Gasteiger partial charge >= 0.3 is 0 Å². The largest absolute Gasteiger partial charge is 0.353 e. The van der Waals surface area contributed by atoms with Crippen molar-refractivity contribution in [3.8, 4) is 0 Å². The van der Waals surface area contributed by atoms with Crippen LogP contribution < -0.4 is 5.32 Å². The van der Waals surface area contributed by atoms with Crippen molar-refractivity contribution in [2.75, 3.05) is 20.1 Å². The summed E-state index contributed by atoms with van der Waals surface area (Å²) in [4.78, 5) is 6.94. The maximum absolute atomic E-state index is 4.51. The van der Waals surface area contributed by atoms with Crippen LogP contribution in [0, 0.1) is 11.8 Å². The summed E-state index contributed by atoms with van der Waals surface area (Å²) in [5, 5.41) is 7.93. The second-order valence-corrected chi connectivity index (χ2v) is 6.91. The average molecular weight is 431 g/mol. The first-order valence-electron chi connectivity index (χ1n) is 8.65. The average Bonchev–Trinajstić information content (AvgIpc) is 2.87. The van der Waals surface area contributed by atoms with E-state index in [1.165, 1.54) is 31.2 Å². The molecule has 1 N–H and O–H groups in total. The van der Waals surface area contributed by atoms with E-state index in [9.17, 15) is 0 Å². The van der Waals surface area contributed by atoms with Gasteiger partial charge in [0, 0.05) is 39.4 Å². The van der Waals surface area contributed by atoms with Gasteiger partial charge in [-0.3, -0.25) is 9.67 Å². The summed E-state index contributed by atoms with van der Waals surface area (Å²) in [6, 6.07) is 0.663. The molecular weight excluding hydrogens is 401 g/mol. The van der Waals surface area contributed by atoms with Gasteiger partial charge in [0.15, 0.2) is 5.96 Å². The molecule has 3 rings (SSSR count). The van der Waals surface area contributed by atoms with Crippen LogP contribution in [-0.2, 0) is 13.5 Å². The quantitative estimate of drug-likeness (QED) is 0.443. The molecule has 2 fully saturated rings. The fourth-order valence-electron chi connectivity index (χ4n) is 3.68. The number of halogens is 1. The van der Waals surface area contributed by atoms with Crippen molar-refractivity contribution in [3.63, 3.8) is 0 Å². The molecule has 1 saturated carbocycles. The monoisotopic (exact) mass is 431 g/mol. The first-order chi connectivity index (χ1) is 10.7. The van der Waals surface area contributed by atoms with Crippen molar-refractivity contribution >= 4 is 29.9 Å². The minimum Gasteiger partial charge on any atom is -0.353 e. The van der Waals surface area contributed by atoms with E-state index in [0.29, 0.717) is 12.0 Å². The van der Waals surface area contributed by atoms with Gasteiger partial charge in [-0.05, 0) is 43.1 Å². The Morgan fingerprint density at radius 1 is 1.48 bits per heavy atom. The summed E-state index contributed by atoms with van der Waals surface area (Å²) >= 11 is 0. The Morgan fingerprint density at radius 3 is 2.96 bits per heavy atom. The van der Waals surface area contributed by atoms with Crippen molar-refractivity contribution < 1.29 is 0 Å². The normalized spacial score (nSPS) is 27.0. The van der Waals surface area contributed by atoms with Crippen LogP contribution in [0.1, 0.15) is 38.2 Å². The van der Waals surface area contributed by atoms with Crippen LogP contribution in [0.25, 0.3) is 0 Å². The zero-order valence-electron chi connectivity index (χ0n) is 14.5. The Kier molecular flexibility index (Phi) is 6.73. The molecule has 1 saturated heterocycles. The summed E-state index contributed by atoms with van der Waals surface area (Å²) in [5.41, 5.74) is 1.35. The molecule has 2 aliphatic rings. The molecule has 23 heavy (non-hydrogen) atoms. The zero-order chi connectivity index (χ0) is 15.5. The number of nitrogens with zero attached hydrogens (tertiary/aromatic N) is 4. The van der Waals surface area contributed by atoms with Gasteiger partial charge in [-0.25, -0.2) is 0 Å².